The minimum atomic E-state index is -1.01. The minimum absolute atomic E-state index is 0.256. The summed E-state index contributed by atoms with van der Waals surface area (Å²) in [5.74, 6) is -0.175. The van der Waals surface area contributed by atoms with Crippen LogP contribution in [0, 0.1) is 11.3 Å². The molecule has 1 aromatic rings. The molecule has 0 aliphatic heterocycles. The predicted octanol–water partition coefficient (Wildman–Crippen LogP) is 2.98. The highest BCUT2D eigenvalue weighted by molar-refractivity contribution is 5.93. The third-order valence-corrected chi connectivity index (χ3v) is 4.64. The molecule has 1 amide bonds. The first-order chi connectivity index (χ1) is 12.9. The van der Waals surface area contributed by atoms with Crippen LogP contribution < -0.4 is 14.8 Å². The third kappa shape index (κ3) is 5.13. The lowest BCUT2D eigenvalue weighted by Crippen LogP contribution is -2.52. The van der Waals surface area contributed by atoms with Gasteiger partial charge in [-0.1, -0.05) is 19.3 Å². The molecule has 1 fully saturated rings. The second kappa shape index (κ2) is 9.26. The summed E-state index contributed by atoms with van der Waals surface area (Å²) in [6.07, 6.45) is 3.08. The number of ether oxygens (including phenoxy) is 3. The lowest BCUT2D eigenvalue weighted by Gasteiger charge is -2.32. The topological polar surface area (TPSA) is 97.6 Å². The molecule has 0 spiro atoms. The Morgan fingerprint density at radius 2 is 1.96 bits per heavy atom. The molecule has 0 aromatic heterocycles. The van der Waals surface area contributed by atoms with Crippen LogP contribution in [0.3, 0.4) is 0 Å². The van der Waals surface area contributed by atoms with E-state index in [2.05, 4.69) is 11.4 Å². The second-order valence-corrected chi connectivity index (χ2v) is 6.59. The number of carbonyl (C=O) groups excluding carboxylic acids is 2. The number of benzene rings is 1. The van der Waals surface area contributed by atoms with Crippen molar-refractivity contribution < 1.29 is 23.8 Å². The van der Waals surface area contributed by atoms with Crippen LogP contribution in [0.1, 0.15) is 56.3 Å². The number of nitrogens with one attached hydrogen (secondary N) is 1. The summed E-state index contributed by atoms with van der Waals surface area (Å²) in [5, 5.41) is 12.2. The summed E-state index contributed by atoms with van der Waals surface area (Å²) in [6.45, 7) is 3.74. The molecule has 1 aliphatic carbocycles. The molecule has 2 rings (SSSR count). The Morgan fingerprint density at radius 3 is 2.56 bits per heavy atom. The van der Waals surface area contributed by atoms with Crippen molar-refractivity contribution in [3.8, 4) is 17.6 Å². The van der Waals surface area contributed by atoms with Crippen molar-refractivity contribution in [1.82, 2.24) is 5.32 Å². The Bertz CT molecular complexity index is 720. The molecule has 0 radical (unpaired) electrons. The first-order valence-electron chi connectivity index (χ1n) is 9.20. The van der Waals surface area contributed by atoms with Crippen molar-refractivity contribution in [1.29, 1.82) is 5.26 Å². The average molecular weight is 374 g/mol. The zero-order valence-electron chi connectivity index (χ0n) is 16.0. The maximum atomic E-state index is 12.4. The number of nitriles is 1. The van der Waals surface area contributed by atoms with Crippen LogP contribution in [-0.4, -0.2) is 37.2 Å². The molecule has 1 aliphatic rings. The van der Waals surface area contributed by atoms with Crippen LogP contribution in [0.4, 0.5) is 0 Å². The predicted molar refractivity (Wildman–Crippen MR) is 98.6 cm³/mol. The minimum Gasteiger partial charge on any atom is -0.493 e. The Balaban J connectivity index is 2.03. The monoisotopic (exact) mass is 374 g/mol. The van der Waals surface area contributed by atoms with E-state index in [1.54, 1.807) is 12.1 Å². The zero-order valence-corrected chi connectivity index (χ0v) is 16.0. The van der Waals surface area contributed by atoms with E-state index >= 15 is 0 Å². The van der Waals surface area contributed by atoms with Gasteiger partial charge in [-0.2, -0.15) is 5.26 Å². The van der Waals surface area contributed by atoms with Gasteiger partial charge in [-0.25, -0.2) is 4.79 Å². The van der Waals surface area contributed by atoms with E-state index < -0.39 is 23.5 Å². The van der Waals surface area contributed by atoms with Crippen molar-refractivity contribution in [2.24, 2.45) is 0 Å². The van der Waals surface area contributed by atoms with Gasteiger partial charge in [0, 0.05) is 0 Å². The van der Waals surface area contributed by atoms with Gasteiger partial charge < -0.3 is 19.5 Å². The molecule has 1 aromatic carbocycles. The molecule has 0 heterocycles. The van der Waals surface area contributed by atoms with E-state index in [4.69, 9.17) is 14.2 Å². The summed E-state index contributed by atoms with van der Waals surface area (Å²) in [5.41, 5.74) is -0.607. The van der Waals surface area contributed by atoms with Gasteiger partial charge in [0.15, 0.2) is 17.6 Å². The quantitative estimate of drug-likeness (QED) is 0.737. The van der Waals surface area contributed by atoms with Gasteiger partial charge in [0.2, 0.25) is 0 Å². The lowest BCUT2D eigenvalue weighted by molar-refractivity contribution is -0.130. The van der Waals surface area contributed by atoms with E-state index in [-0.39, 0.29) is 5.56 Å². The fourth-order valence-electron chi connectivity index (χ4n) is 3.11. The highest BCUT2D eigenvalue weighted by Crippen LogP contribution is 2.29. The molecular formula is C20H26N2O5. The SMILES string of the molecule is CCOc1cc(C(=O)O[C@@H](C)C(=O)NC2(C#N)CCCCC2)ccc1OC. The molecule has 1 saturated carbocycles. The molecule has 27 heavy (non-hydrogen) atoms. The van der Waals surface area contributed by atoms with Gasteiger partial charge in [-0.15, -0.1) is 0 Å². The van der Waals surface area contributed by atoms with Crippen LogP contribution in [-0.2, 0) is 9.53 Å². The third-order valence-electron chi connectivity index (χ3n) is 4.64. The number of carbonyl (C=O) groups is 2. The van der Waals surface area contributed by atoms with E-state index in [0.29, 0.717) is 30.9 Å². The van der Waals surface area contributed by atoms with Crippen molar-refractivity contribution in [2.75, 3.05) is 13.7 Å². The standard InChI is InChI=1S/C20H26N2O5/c1-4-26-17-12-15(8-9-16(17)25-3)19(24)27-14(2)18(23)22-20(13-21)10-6-5-7-11-20/h8-9,12,14H,4-7,10-11H2,1-3H3,(H,22,23)/t14-/m0/s1. The number of nitrogens with zero attached hydrogens (tertiary/aromatic N) is 1. The number of methoxy groups -OCH3 is 1. The van der Waals surface area contributed by atoms with Crippen LogP contribution in [0.2, 0.25) is 0 Å². The Hall–Kier alpha value is -2.75. The molecule has 1 N–H and O–H groups in total. The first-order valence-corrected chi connectivity index (χ1v) is 9.20. The van der Waals surface area contributed by atoms with Gasteiger partial charge >= 0.3 is 5.97 Å². The van der Waals surface area contributed by atoms with Crippen LogP contribution in [0.5, 0.6) is 11.5 Å². The maximum absolute atomic E-state index is 12.4. The number of hydrogen-bond acceptors (Lipinski definition) is 6. The van der Waals surface area contributed by atoms with Gasteiger partial charge in [0.25, 0.3) is 5.91 Å². The molecular weight excluding hydrogens is 348 g/mol. The summed E-state index contributed by atoms with van der Waals surface area (Å²) in [4.78, 5) is 24.8. The number of esters is 1. The molecule has 0 saturated heterocycles. The molecule has 146 valence electrons. The zero-order chi connectivity index (χ0) is 19.9. The molecule has 7 heteroatoms. The molecule has 1 atom stereocenters. The number of amides is 1. The lowest BCUT2D eigenvalue weighted by atomic mass is 9.83. The second-order valence-electron chi connectivity index (χ2n) is 6.59. The summed E-state index contributed by atoms with van der Waals surface area (Å²) < 4.78 is 15.9. The number of hydrogen-bond donors (Lipinski definition) is 1. The fourth-order valence-corrected chi connectivity index (χ4v) is 3.11. The smallest absolute Gasteiger partial charge is 0.339 e. The van der Waals surface area contributed by atoms with Crippen molar-refractivity contribution in [3.05, 3.63) is 23.8 Å². The molecule has 7 nitrogen and oxygen atoms in total. The van der Waals surface area contributed by atoms with Gasteiger partial charge in [0.1, 0.15) is 5.54 Å². The van der Waals surface area contributed by atoms with E-state index in [1.165, 1.54) is 20.1 Å². The number of rotatable bonds is 7. The van der Waals surface area contributed by atoms with Crippen LogP contribution in [0.15, 0.2) is 18.2 Å². The highest BCUT2D eigenvalue weighted by Gasteiger charge is 2.35. The van der Waals surface area contributed by atoms with Gasteiger partial charge in [-0.3, -0.25) is 4.79 Å². The average Bonchev–Trinajstić information content (AvgIpc) is 2.68. The Labute approximate surface area is 159 Å². The Kier molecular flexibility index (Phi) is 7.05. The maximum Gasteiger partial charge on any atom is 0.339 e. The van der Waals surface area contributed by atoms with Crippen molar-refractivity contribution in [2.45, 2.75) is 57.6 Å². The summed E-state index contributed by atoms with van der Waals surface area (Å²) in [7, 11) is 1.51. The Morgan fingerprint density at radius 1 is 1.26 bits per heavy atom. The first kappa shape index (κ1) is 20.6. The molecule has 0 bridgehead atoms. The van der Waals surface area contributed by atoms with Crippen LogP contribution in [0.25, 0.3) is 0 Å². The van der Waals surface area contributed by atoms with E-state index in [9.17, 15) is 14.9 Å². The largest absolute Gasteiger partial charge is 0.493 e. The van der Waals surface area contributed by atoms with Crippen molar-refractivity contribution >= 4 is 11.9 Å². The van der Waals surface area contributed by atoms with Crippen molar-refractivity contribution in [3.63, 3.8) is 0 Å². The van der Waals surface area contributed by atoms with E-state index in [0.717, 1.165) is 19.3 Å². The van der Waals surface area contributed by atoms with E-state index in [1.807, 2.05) is 6.92 Å². The normalized spacial score (nSPS) is 16.5. The highest BCUT2D eigenvalue weighted by atomic mass is 16.5. The fraction of sp³-hybridized carbons (Fsp3) is 0.550. The van der Waals surface area contributed by atoms with Crippen LogP contribution >= 0.6 is 0 Å². The summed E-state index contributed by atoms with van der Waals surface area (Å²) in [6, 6.07) is 6.90. The summed E-state index contributed by atoms with van der Waals surface area (Å²) >= 11 is 0. The van der Waals surface area contributed by atoms with Gasteiger partial charge in [0.05, 0.1) is 25.3 Å². The molecule has 0 unspecified atom stereocenters. The van der Waals surface area contributed by atoms with Gasteiger partial charge in [-0.05, 0) is 44.9 Å².